The van der Waals surface area contributed by atoms with E-state index in [0.717, 1.165) is 6.54 Å². The molecule has 0 saturated carbocycles. The molecule has 2 heterocycles. The van der Waals surface area contributed by atoms with Gasteiger partial charge in [-0.1, -0.05) is 0 Å². The van der Waals surface area contributed by atoms with Gasteiger partial charge in [-0.15, -0.1) is 0 Å². The topological polar surface area (TPSA) is 35.2 Å². The van der Waals surface area contributed by atoms with E-state index in [-0.39, 0.29) is 0 Å². The van der Waals surface area contributed by atoms with Crippen LogP contribution in [0, 0.1) is 5.92 Å². The van der Waals surface area contributed by atoms with Gasteiger partial charge in [0.2, 0.25) is 0 Å². The molecular weight excluding hydrogens is 114 g/mol. The van der Waals surface area contributed by atoms with E-state index in [9.17, 15) is 0 Å². The van der Waals surface area contributed by atoms with E-state index in [2.05, 4.69) is 0 Å². The third-order valence-corrected chi connectivity index (χ3v) is 2.53. The maximum atomic E-state index is 5.60. The van der Waals surface area contributed by atoms with Crippen molar-refractivity contribution in [2.75, 3.05) is 6.54 Å². The van der Waals surface area contributed by atoms with E-state index in [1.165, 1.54) is 19.3 Å². The Morgan fingerprint density at radius 3 is 2.67 bits per heavy atom. The lowest BCUT2D eigenvalue weighted by atomic mass is 9.89. The van der Waals surface area contributed by atoms with Crippen molar-refractivity contribution in [3.05, 3.63) is 0 Å². The summed E-state index contributed by atoms with van der Waals surface area (Å²) >= 11 is 0. The van der Waals surface area contributed by atoms with Crippen molar-refractivity contribution < 1.29 is 4.74 Å². The van der Waals surface area contributed by atoms with Crippen LogP contribution < -0.4 is 5.73 Å². The van der Waals surface area contributed by atoms with Crippen LogP contribution in [0.5, 0.6) is 0 Å². The Morgan fingerprint density at radius 2 is 2.33 bits per heavy atom. The second-order valence-corrected chi connectivity index (χ2v) is 3.11. The molecule has 9 heavy (non-hydrogen) atoms. The summed E-state index contributed by atoms with van der Waals surface area (Å²) < 4.78 is 5.60. The van der Waals surface area contributed by atoms with Gasteiger partial charge >= 0.3 is 0 Å². The van der Waals surface area contributed by atoms with Gasteiger partial charge in [0.15, 0.2) is 0 Å². The summed E-state index contributed by atoms with van der Waals surface area (Å²) in [4.78, 5) is 0. The summed E-state index contributed by atoms with van der Waals surface area (Å²) in [7, 11) is 0. The Balaban J connectivity index is 2.01. The first-order valence-electron chi connectivity index (χ1n) is 3.75. The van der Waals surface area contributed by atoms with Gasteiger partial charge < -0.3 is 10.5 Å². The van der Waals surface area contributed by atoms with Crippen LogP contribution in [0.15, 0.2) is 0 Å². The molecule has 2 aliphatic heterocycles. The lowest BCUT2D eigenvalue weighted by Gasteiger charge is -2.14. The first kappa shape index (κ1) is 5.69. The van der Waals surface area contributed by atoms with Gasteiger partial charge in [0.05, 0.1) is 12.2 Å². The van der Waals surface area contributed by atoms with Gasteiger partial charge in [0.25, 0.3) is 0 Å². The van der Waals surface area contributed by atoms with Crippen molar-refractivity contribution >= 4 is 0 Å². The fourth-order valence-corrected chi connectivity index (χ4v) is 1.99. The molecule has 0 unspecified atom stereocenters. The molecule has 2 aliphatic rings. The average molecular weight is 127 g/mol. The molecule has 0 amide bonds. The number of hydrogen-bond acceptors (Lipinski definition) is 2. The minimum atomic E-state index is 0.528. The Morgan fingerprint density at radius 1 is 1.44 bits per heavy atom. The normalized spacial score (nSPS) is 48.3. The molecule has 0 aromatic carbocycles. The summed E-state index contributed by atoms with van der Waals surface area (Å²) in [5.41, 5.74) is 5.54. The van der Waals surface area contributed by atoms with Gasteiger partial charge in [-0.2, -0.15) is 0 Å². The Bertz CT molecular complexity index is 115. The minimum Gasteiger partial charge on any atom is -0.375 e. The van der Waals surface area contributed by atoms with Crippen molar-refractivity contribution in [1.29, 1.82) is 0 Å². The van der Waals surface area contributed by atoms with E-state index >= 15 is 0 Å². The largest absolute Gasteiger partial charge is 0.375 e. The minimum absolute atomic E-state index is 0.528. The third-order valence-electron chi connectivity index (χ3n) is 2.53. The zero-order valence-corrected chi connectivity index (χ0v) is 5.55. The van der Waals surface area contributed by atoms with Crippen LogP contribution >= 0.6 is 0 Å². The monoisotopic (exact) mass is 127 g/mol. The highest BCUT2D eigenvalue weighted by atomic mass is 16.5. The van der Waals surface area contributed by atoms with Crippen LogP contribution in [0.4, 0.5) is 0 Å². The standard InChI is InChI=1S/C7H13NO/c8-4-5-3-6-1-2-7(5)9-6/h5-7H,1-4,8H2/t5-,6-,7-/m1/s1. The predicted octanol–water partition coefficient (Wildman–Crippen LogP) is 0.513. The molecule has 2 saturated heterocycles. The van der Waals surface area contributed by atoms with Crippen LogP contribution in [0.1, 0.15) is 19.3 Å². The van der Waals surface area contributed by atoms with Crippen molar-refractivity contribution in [2.45, 2.75) is 31.5 Å². The van der Waals surface area contributed by atoms with Crippen molar-refractivity contribution in [1.82, 2.24) is 0 Å². The van der Waals surface area contributed by atoms with Crippen molar-refractivity contribution in [3.63, 3.8) is 0 Å². The molecule has 0 radical (unpaired) electrons. The van der Waals surface area contributed by atoms with Gasteiger partial charge in [-0.05, 0) is 31.7 Å². The maximum absolute atomic E-state index is 5.60. The highest BCUT2D eigenvalue weighted by Gasteiger charge is 2.39. The molecular formula is C7H13NO. The van der Waals surface area contributed by atoms with Crippen molar-refractivity contribution in [3.8, 4) is 0 Å². The van der Waals surface area contributed by atoms with E-state index in [1.807, 2.05) is 0 Å². The molecule has 0 aromatic rings. The SMILES string of the molecule is NC[C@H]1C[C@H]2CC[C@H]1O2. The van der Waals surface area contributed by atoms with Crippen LogP contribution in [0.3, 0.4) is 0 Å². The predicted molar refractivity (Wildman–Crippen MR) is 35.1 cm³/mol. The number of hydrogen-bond donors (Lipinski definition) is 1. The molecule has 2 N–H and O–H groups in total. The first-order valence-corrected chi connectivity index (χ1v) is 3.75. The van der Waals surface area contributed by atoms with Crippen LogP contribution in [0.25, 0.3) is 0 Å². The lowest BCUT2D eigenvalue weighted by molar-refractivity contribution is 0.0936. The van der Waals surface area contributed by atoms with E-state index in [4.69, 9.17) is 10.5 Å². The van der Waals surface area contributed by atoms with Crippen LogP contribution in [0.2, 0.25) is 0 Å². The molecule has 2 bridgehead atoms. The van der Waals surface area contributed by atoms with E-state index in [1.54, 1.807) is 0 Å². The lowest BCUT2D eigenvalue weighted by Crippen LogP contribution is -2.24. The zero-order chi connectivity index (χ0) is 6.27. The summed E-state index contributed by atoms with van der Waals surface area (Å²) in [5, 5.41) is 0. The van der Waals surface area contributed by atoms with E-state index < -0.39 is 0 Å². The molecule has 2 nitrogen and oxygen atoms in total. The second-order valence-electron chi connectivity index (χ2n) is 3.11. The van der Waals surface area contributed by atoms with Gasteiger partial charge in [0, 0.05) is 0 Å². The number of rotatable bonds is 1. The van der Waals surface area contributed by atoms with Crippen LogP contribution in [-0.2, 0) is 4.74 Å². The average Bonchev–Trinajstić information content (AvgIpc) is 2.45. The molecule has 0 aromatic heterocycles. The van der Waals surface area contributed by atoms with Crippen molar-refractivity contribution in [2.24, 2.45) is 11.7 Å². The molecule has 2 rings (SSSR count). The van der Waals surface area contributed by atoms with Crippen LogP contribution in [-0.4, -0.2) is 18.8 Å². The highest BCUT2D eigenvalue weighted by molar-refractivity contribution is 4.89. The summed E-state index contributed by atoms with van der Waals surface area (Å²) in [6, 6.07) is 0. The summed E-state index contributed by atoms with van der Waals surface area (Å²) in [5.74, 6) is 0.684. The molecule has 2 heteroatoms. The number of nitrogens with two attached hydrogens (primary N) is 1. The fraction of sp³-hybridized carbons (Fsp3) is 1.00. The highest BCUT2D eigenvalue weighted by Crippen LogP contribution is 2.37. The number of fused-ring (bicyclic) bond motifs is 2. The third kappa shape index (κ3) is 0.775. The smallest absolute Gasteiger partial charge is 0.0621 e. The van der Waals surface area contributed by atoms with E-state index in [0.29, 0.717) is 18.1 Å². The number of ether oxygens (including phenoxy) is 1. The molecule has 52 valence electrons. The maximum Gasteiger partial charge on any atom is 0.0621 e. The Labute approximate surface area is 55.4 Å². The zero-order valence-electron chi connectivity index (χ0n) is 5.55. The molecule has 0 spiro atoms. The Kier molecular flexibility index (Phi) is 1.24. The van der Waals surface area contributed by atoms with Gasteiger partial charge in [0.1, 0.15) is 0 Å². The van der Waals surface area contributed by atoms with Gasteiger partial charge in [-0.3, -0.25) is 0 Å². The summed E-state index contributed by atoms with van der Waals surface area (Å²) in [6.07, 6.45) is 4.86. The molecule has 3 atom stereocenters. The first-order chi connectivity index (χ1) is 4.40. The molecule has 2 fully saturated rings. The summed E-state index contributed by atoms with van der Waals surface area (Å²) in [6.45, 7) is 0.821. The Hall–Kier alpha value is -0.0800. The van der Waals surface area contributed by atoms with Gasteiger partial charge in [-0.25, -0.2) is 0 Å². The molecule has 0 aliphatic carbocycles. The second kappa shape index (κ2) is 1.96. The quantitative estimate of drug-likeness (QED) is 0.557. The fourth-order valence-electron chi connectivity index (χ4n) is 1.99.